The van der Waals surface area contributed by atoms with Crippen molar-refractivity contribution in [3.05, 3.63) is 17.0 Å². The van der Waals surface area contributed by atoms with Crippen molar-refractivity contribution in [3.8, 4) is 0 Å². The van der Waals surface area contributed by atoms with Gasteiger partial charge in [0.15, 0.2) is 0 Å². The maximum absolute atomic E-state index is 6.06. The van der Waals surface area contributed by atoms with Gasteiger partial charge < -0.3 is 14.0 Å². The highest BCUT2D eigenvalue weighted by molar-refractivity contribution is 5.21. The molecule has 0 saturated carbocycles. The molecular weight excluding hydrogens is 256 g/mol. The predicted molar refractivity (Wildman–Crippen MR) is 74.5 cm³/mol. The van der Waals surface area contributed by atoms with Crippen molar-refractivity contribution in [2.24, 2.45) is 5.92 Å². The quantitative estimate of drug-likeness (QED) is 0.824. The van der Waals surface area contributed by atoms with Crippen LogP contribution in [-0.2, 0) is 16.0 Å². The molecule has 0 radical (unpaired) electrons. The number of ether oxygens (including phenoxy) is 2. The number of aromatic nitrogens is 1. The van der Waals surface area contributed by atoms with E-state index in [4.69, 9.17) is 14.0 Å². The van der Waals surface area contributed by atoms with Gasteiger partial charge in [-0.15, -0.1) is 0 Å². The summed E-state index contributed by atoms with van der Waals surface area (Å²) in [6, 6.07) is 0. The first kappa shape index (κ1) is 14.0. The normalized spacial score (nSPS) is 25.2. The molecule has 5 nitrogen and oxygen atoms in total. The van der Waals surface area contributed by atoms with E-state index >= 15 is 0 Å². The number of methoxy groups -OCH3 is 1. The van der Waals surface area contributed by atoms with Crippen LogP contribution in [0, 0.1) is 19.8 Å². The number of likely N-dealkylation sites (tertiary alicyclic amines) is 1. The van der Waals surface area contributed by atoms with Gasteiger partial charge in [0.2, 0.25) is 0 Å². The molecule has 112 valence electrons. The van der Waals surface area contributed by atoms with Gasteiger partial charge in [0, 0.05) is 45.5 Å². The Bertz CT molecular complexity index is 446. The molecule has 0 aromatic carbocycles. The van der Waals surface area contributed by atoms with E-state index in [1.807, 2.05) is 13.8 Å². The SMILES string of the molecule is COCCC1CCOC12CN(Cc1c(C)noc1C)C2. The van der Waals surface area contributed by atoms with Crippen molar-refractivity contribution in [1.82, 2.24) is 10.1 Å². The van der Waals surface area contributed by atoms with Crippen LogP contribution in [0.2, 0.25) is 0 Å². The summed E-state index contributed by atoms with van der Waals surface area (Å²) in [5.41, 5.74) is 2.32. The number of aryl methyl sites for hydroxylation is 2. The molecule has 2 saturated heterocycles. The number of hydrogen-bond donors (Lipinski definition) is 0. The van der Waals surface area contributed by atoms with Gasteiger partial charge in [-0.3, -0.25) is 4.90 Å². The zero-order valence-electron chi connectivity index (χ0n) is 12.6. The van der Waals surface area contributed by atoms with Crippen LogP contribution in [0.3, 0.4) is 0 Å². The van der Waals surface area contributed by atoms with E-state index in [0.717, 1.165) is 50.7 Å². The van der Waals surface area contributed by atoms with E-state index in [1.165, 1.54) is 12.0 Å². The van der Waals surface area contributed by atoms with Crippen LogP contribution < -0.4 is 0 Å². The summed E-state index contributed by atoms with van der Waals surface area (Å²) in [5, 5.41) is 4.02. The van der Waals surface area contributed by atoms with E-state index in [9.17, 15) is 0 Å². The molecule has 1 spiro atoms. The van der Waals surface area contributed by atoms with E-state index < -0.39 is 0 Å². The fourth-order valence-electron chi connectivity index (χ4n) is 3.58. The summed E-state index contributed by atoms with van der Waals surface area (Å²) in [6.45, 7) is 8.68. The Morgan fingerprint density at radius 3 is 2.85 bits per heavy atom. The van der Waals surface area contributed by atoms with Gasteiger partial charge in [-0.2, -0.15) is 0 Å². The fourth-order valence-corrected chi connectivity index (χ4v) is 3.58. The van der Waals surface area contributed by atoms with Gasteiger partial charge >= 0.3 is 0 Å². The van der Waals surface area contributed by atoms with Crippen LogP contribution >= 0.6 is 0 Å². The van der Waals surface area contributed by atoms with Gasteiger partial charge in [-0.05, 0) is 32.6 Å². The highest BCUT2D eigenvalue weighted by Crippen LogP contribution is 2.42. The van der Waals surface area contributed by atoms with Gasteiger partial charge in [0.05, 0.1) is 11.3 Å². The van der Waals surface area contributed by atoms with Crippen LogP contribution in [0.1, 0.15) is 29.9 Å². The Morgan fingerprint density at radius 1 is 1.40 bits per heavy atom. The first-order chi connectivity index (χ1) is 9.64. The Labute approximate surface area is 120 Å². The maximum atomic E-state index is 6.06. The first-order valence-electron chi connectivity index (χ1n) is 7.41. The van der Waals surface area contributed by atoms with Crippen molar-refractivity contribution in [3.63, 3.8) is 0 Å². The highest BCUT2D eigenvalue weighted by Gasteiger charge is 2.52. The zero-order chi connectivity index (χ0) is 14.2. The zero-order valence-corrected chi connectivity index (χ0v) is 12.6. The van der Waals surface area contributed by atoms with Crippen LogP contribution in [0.4, 0.5) is 0 Å². The largest absolute Gasteiger partial charge is 0.385 e. The van der Waals surface area contributed by atoms with E-state index in [0.29, 0.717) is 5.92 Å². The molecule has 1 unspecified atom stereocenters. The second kappa shape index (κ2) is 5.47. The molecule has 0 amide bonds. The molecule has 1 aromatic heterocycles. The van der Waals surface area contributed by atoms with Crippen LogP contribution in [0.5, 0.6) is 0 Å². The molecule has 2 aliphatic rings. The lowest BCUT2D eigenvalue weighted by molar-refractivity contribution is -0.138. The van der Waals surface area contributed by atoms with Crippen molar-refractivity contribution in [2.45, 2.75) is 38.8 Å². The molecule has 0 N–H and O–H groups in total. The second-order valence-electron chi connectivity index (χ2n) is 6.13. The molecule has 3 heterocycles. The molecule has 0 bridgehead atoms. The van der Waals surface area contributed by atoms with Crippen LogP contribution in [-0.4, -0.2) is 49.1 Å². The Hall–Kier alpha value is -0.910. The van der Waals surface area contributed by atoms with Gasteiger partial charge in [0.25, 0.3) is 0 Å². The molecule has 0 aliphatic carbocycles. The number of rotatable bonds is 5. The average Bonchev–Trinajstić information content (AvgIpc) is 2.94. The van der Waals surface area contributed by atoms with Gasteiger partial charge in [-0.25, -0.2) is 0 Å². The third-order valence-corrected chi connectivity index (χ3v) is 4.82. The monoisotopic (exact) mass is 280 g/mol. The van der Waals surface area contributed by atoms with Crippen molar-refractivity contribution < 1.29 is 14.0 Å². The number of nitrogens with zero attached hydrogens (tertiary/aromatic N) is 2. The molecule has 1 atom stereocenters. The molecular formula is C15H24N2O3. The summed E-state index contributed by atoms with van der Waals surface area (Å²) in [4.78, 5) is 2.43. The Morgan fingerprint density at radius 2 is 2.20 bits per heavy atom. The fraction of sp³-hybridized carbons (Fsp3) is 0.800. The van der Waals surface area contributed by atoms with E-state index in [-0.39, 0.29) is 5.60 Å². The molecule has 5 heteroatoms. The van der Waals surface area contributed by atoms with Crippen LogP contribution in [0.25, 0.3) is 0 Å². The van der Waals surface area contributed by atoms with E-state index in [1.54, 1.807) is 7.11 Å². The summed E-state index contributed by atoms with van der Waals surface area (Å²) < 4.78 is 16.5. The van der Waals surface area contributed by atoms with Gasteiger partial charge in [-0.1, -0.05) is 5.16 Å². The summed E-state index contributed by atoms with van der Waals surface area (Å²) in [5.74, 6) is 1.58. The van der Waals surface area contributed by atoms with Crippen molar-refractivity contribution in [1.29, 1.82) is 0 Å². The van der Waals surface area contributed by atoms with Crippen LogP contribution in [0.15, 0.2) is 4.52 Å². The molecule has 20 heavy (non-hydrogen) atoms. The topological polar surface area (TPSA) is 47.7 Å². The lowest BCUT2D eigenvalue weighted by Crippen LogP contribution is -2.64. The maximum Gasteiger partial charge on any atom is 0.138 e. The minimum atomic E-state index is 0.0809. The molecule has 2 aliphatic heterocycles. The molecule has 2 fully saturated rings. The van der Waals surface area contributed by atoms with E-state index in [2.05, 4.69) is 10.1 Å². The van der Waals surface area contributed by atoms with Crippen molar-refractivity contribution in [2.75, 3.05) is 33.4 Å². The predicted octanol–water partition coefficient (Wildman–Crippen LogP) is 1.92. The van der Waals surface area contributed by atoms with Crippen molar-refractivity contribution >= 4 is 0 Å². The second-order valence-corrected chi connectivity index (χ2v) is 6.13. The summed E-state index contributed by atoms with van der Waals surface area (Å²) in [7, 11) is 1.77. The summed E-state index contributed by atoms with van der Waals surface area (Å²) >= 11 is 0. The average molecular weight is 280 g/mol. The summed E-state index contributed by atoms with van der Waals surface area (Å²) in [6.07, 6.45) is 2.28. The third kappa shape index (κ3) is 2.38. The Kier molecular flexibility index (Phi) is 3.84. The lowest BCUT2D eigenvalue weighted by Gasteiger charge is -2.50. The smallest absolute Gasteiger partial charge is 0.138 e. The lowest BCUT2D eigenvalue weighted by atomic mass is 9.79. The third-order valence-electron chi connectivity index (χ3n) is 4.82. The Balaban J connectivity index is 1.57. The minimum Gasteiger partial charge on any atom is -0.385 e. The minimum absolute atomic E-state index is 0.0809. The number of hydrogen-bond acceptors (Lipinski definition) is 5. The standard InChI is InChI=1S/C15H24N2O3/c1-11-14(12(2)20-16-11)8-17-9-15(10-17)13(4-6-18-3)5-7-19-15/h13H,4-10H2,1-3H3. The van der Waals surface area contributed by atoms with Gasteiger partial charge in [0.1, 0.15) is 5.76 Å². The highest BCUT2D eigenvalue weighted by atomic mass is 16.5. The molecule has 1 aromatic rings. The molecule has 3 rings (SSSR count). The first-order valence-corrected chi connectivity index (χ1v) is 7.41.